The summed E-state index contributed by atoms with van der Waals surface area (Å²) in [5, 5.41) is 20.7. The molecule has 0 spiro atoms. The number of ether oxygens (including phenoxy) is 1. The topological polar surface area (TPSA) is 145 Å². The molecule has 0 radical (unpaired) electrons. The minimum absolute atomic E-state index is 0.147. The van der Waals surface area contributed by atoms with Crippen LogP contribution in [0.5, 0.6) is 0 Å². The van der Waals surface area contributed by atoms with Crippen molar-refractivity contribution in [2.45, 2.75) is 29.9 Å². The number of fused-ring (bicyclic) bond motifs is 1. The van der Waals surface area contributed by atoms with Gasteiger partial charge in [-0.15, -0.1) is 5.10 Å². The van der Waals surface area contributed by atoms with E-state index in [9.17, 15) is 19.7 Å². The van der Waals surface area contributed by atoms with E-state index in [2.05, 4.69) is 20.2 Å². The smallest absolute Gasteiger partial charge is 0.338 e. The second-order valence-corrected chi connectivity index (χ2v) is 13.3. The molecule has 1 aliphatic heterocycles. The Hall–Kier alpha value is -4.27. The molecule has 0 fully saturated rings. The van der Waals surface area contributed by atoms with Crippen molar-refractivity contribution in [3.05, 3.63) is 128 Å². The molecule has 6 rings (SSSR count). The van der Waals surface area contributed by atoms with Crippen LogP contribution in [0.3, 0.4) is 0 Å². The van der Waals surface area contributed by atoms with E-state index in [4.69, 9.17) is 39.5 Å². The van der Waals surface area contributed by atoms with Crippen LogP contribution in [-0.4, -0.2) is 37.2 Å². The number of carbonyl (C=O) groups excluding carboxylic acids is 1. The van der Waals surface area contributed by atoms with E-state index in [0.717, 1.165) is 23.1 Å². The van der Waals surface area contributed by atoms with Gasteiger partial charge in [0.15, 0.2) is 10.6 Å². The van der Waals surface area contributed by atoms with Crippen molar-refractivity contribution in [3.8, 4) is 11.4 Å². The van der Waals surface area contributed by atoms with Crippen LogP contribution in [0.15, 0.2) is 91.8 Å². The normalized spacial score (nSPS) is 14.6. The van der Waals surface area contributed by atoms with Gasteiger partial charge in [0.2, 0.25) is 5.16 Å². The molecule has 238 valence electrons. The molecule has 0 saturated carbocycles. The van der Waals surface area contributed by atoms with Gasteiger partial charge in [0.05, 0.1) is 43.3 Å². The highest BCUT2D eigenvalue weighted by Gasteiger charge is 2.33. The molecular weight excluding hydrogens is 707 g/mol. The molecule has 0 bridgehead atoms. The molecule has 16 heteroatoms. The molecule has 0 saturated heterocycles. The standard InChI is InChI=1S/C31H21Cl3N6O5S2/c1-3-45-29(42)25-15(2)35-31-39(26(25)17-5-7-18(32)8-6-17)28(41)24(47-31)13-16-4-11-23(22(12-16)40(43)44)46-30-36-27(37-38-30)20-10-9-19(33)14-21(20)34/h4-14,26H,3H2,1-2H3,(H,36,37,38)/b24-13+/t26-/m1/s1. The zero-order valence-electron chi connectivity index (χ0n) is 24.4. The fraction of sp³-hybridized carbons (Fsp3) is 0.129. The third kappa shape index (κ3) is 6.62. The number of allylic oxidation sites excluding steroid dienone is 1. The summed E-state index contributed by atoms with van der Waals surface area (Å²) >= 11 is 20.5. The van der Waals surface area contributed by atoms with Crippen LogP contribution < -0.4 is 14.9 Å². The van der Waals surface area contributed by atoms with Crippen molar-refractivity contribution in [2.24, 2.45) is 4.99 Å². The van der Waals surface area contributed by atoms with Crippen molar-refractivity contribution in [3.63, 3.8) is 0 Å². The first-order valence-electron chi connectivity index (χ1n) is 13.8. The molecule has 1 aliphatic rings. The number of nitrogens with zero attached hydrogens (tertiary/aromatic N) is 5. The number of nitro groups is 1. The number of hydrogen-bond donors (Lipinski definition) is 1. The quantitative estimate of drug-likeness (QED) is 0.107. The number of esters is 1. The Labute approximate surface area is 289 Å². The Kier molecular flexibility index (Phi) is 9.35. The van der Waals surface area contributed by atoms with Gasteiger partial charge in [0, 0.05) is 21.7 Å². The molecule has 0 aliphatic carbocycles. The second-order valence-electron chi connectivity index (χ2n) is 10.0. The number of thiazole rings is 1. The lowest BCUT2D eigenvalue weighted by Gasteiger charge is -2.24. The van der Waals surface area contributed by atoms with Gasteiger partial charge in [0.1, 0.15) is 0 Å². The lowest BCUT2D eigenvalue weighted by atomic mass is 9.96. The number of hydrogen-bond acceptors (Lipinski definition) is 10. The second kappa shape index (κ2) is 13.5. The van der Waals surface area contributed by atoms with Gasteiger partial charge >= 0.3 is 5.97 Å². The maximum absolute atomic E-state index is 13.9. The SMILES string of the molecule is CCOC(=O)C1=C(C)N=c2s/c(=C/c3ccc(Sc4n[nH]c(-c5ccc(Cl)cc5Cl)n4)c([N+](=O)[O-])c3)c(=O)n2[C@@H]1c1ccc(Cl)cc1. The van der Waals surface area contributed by atoms with Crippen LogP contribution in [0.2, 0.25) is 15.1 Å². The van der Waals surface area contributed by atoms with Gasteiger partial charge < -0.3 is 4.74 Å². The number of aromatic nitrogens is 4. The summed E-state index contributed by atoms with van der Waals surface area (Å²) in [5.74, 6) is -0.205. The van der Waals surface area contributed by atoms with Crippen molar-refractivity contribution in [1.29, 1.82) is 0 Å². The average Bonchev–Trinajstić information content (AvgIpc) is 3.61. The summed E-state index contributed by atoms with van der Waals surface area (Å²) in [6.07, 6.45) is 1.56. The summed E-state index contributed by atoms with van der Waals surface area (Å²) < 4.78 is 7.03. The van der Waals surface area contributed by atoms with Gasteiger partial charge in [-0.25, -0.2) is 14.8 Å². The first-order valence-corrected chi connectivity index (χ1v) is 16.6. The largest absolute Gasteiger partial charge is 0.463 e. The third-order valence-corrected chi connectivity index (χ3v) is 9.75. The summed E-state index contributed by atoms with van der Waals surface area (Å²) in [5.41, 5.74) is 1.67. The number of H-pyrrole nitrogens is 1. The van der Waals surface area contributed by atoms with E-state index < -0.39 is 22.5 Å². The minimum Gasteiger partial charge on any atom is -0.463 e. The molecule has 0 amide bonds. The van der Waals surface area contributed by atoms with Crippen molar-refractivity contribution in [2.75, 3.05) is 6.61 Å². The molecule has 1 N–H and O–H groups in total. The van der Waals surface area contributed by atoms with E-state index >= 15 is 0 Å². The zero-order chi connectivity index (χ0) is 33.4. The molecule has 2 aromatic heterocycles. The summed E-state index contributed by atoms with van der Waals surface area (Å²) in [7, 11) is 0. The van der Waals surface area contributed by atoms with Gasteiger partial charge in [-0.3, -0.25) is 24.6 Å². The highest BCUT2D eigenvalue weighted by Crippen LogP contribution is 2.36. The average molecular weight is 728 g/mol. The lowest BCUT2D eigenvalue weighted by Crippen LogP contribution is -2.39. The lowest BCUT2D eigenvalue weighted by molar-refractivity contribution is -0.387. The zero-order valence-corrected chi connectivity index (χ0v) is 28.3. The Morgan fingerprint density at radius 3 is 2.57 bits per heavy atom. The van der Waals surface area contributed by atoms with Gasteiger partial charge in [-0.2, -0.15) is 0 Å². The maximum Gasteiger partial charge on any atom is 0.338 e. The van der Waals surface area contributed by atoms with Gasteiger partial charge in [-0.1, -0.05) is 64.3 Å². The van der Waals surface area contributed by atoms with Crippen molar-refractivity contribution >= 4 is 75.6 Å². The monoisotopic (exact) mass is 726 g/mol. The molecule has 5 aromatic rings. The van der Waals surface area contributed by atoms with Crippen LogP contribution in [0.1, 0.15) is 31.0 Å². The fourth-order valence-corrected chi connectivity index (χ4v) is 7.42. The predicted octanol–water partition coefficient (Wildman–Crippen LogP) is 6.60. The number of rotatable bonds is 8. The predicted molar refractivity (Wildman–Crippen MR) is 181 cm³/mol. The van der Waals surface area contributed by atoms with E-state index in [1.54, 1.807) is 74.5 Å². The molecular formula is C31H21Cl3N6O5S2. The van der Waals surface area contributed by atoms with Gasteiger partial charge in [0.25, 0.3) is 11.2 Å². The number of nitro benzene ring substituents is 1. The van der Waals surface area contributed by atoms with Crippen LogP contribution >= 0.6 is 57.9 Å². The molecule has 47 heavy (non-hydrogen) atoms. The van der Waals surface area contributed by atoms with Crippen molar-refractivity contribution < 1.29 is 14.5 Å². The number of aromatic amines is 1. The number of halogens is 3. The highest BCUT2D eigenvalue weighted by atomic mass is 35.5. The minimum atomic E-state index is -0.813. The Balaban J connectivity index is 1.37. The number of carbonyl (C=O) groups is 1. The maximum atomic E-state index is 13.9. The van der Waals surface area contributed by atoms with Crippen LogP contribution in [0.25, 0.3) is 17.5 Å². The van der Waals surface area contributed by atoms with E-state index in [0.29, 0.717) is 53.0 Å². The summed E-state index contributed by atoms with van der Waals surface area (Å²) in [6, 6.07) is 15.5. The molecule has 3 aromatic carbocycles. The molecule has 11 nitrogen and oxygen atoms in total. The fourth-order valence-electron chi connectivity index (χ4n) is 4.95. The molecule has 3 heterocycles. The Bertz CT molecular complexity index is 2280. The van der Waals surface area contributed by atoms with Crippen LogP contribution in [0.4, 0.5) is 5.69 Å². The first kappa shape index (κ1) is 32.7. The van der Waals surface area contributed by atoms with E-state index in [-0.39, 0.29) is 27.6 Å². The third-order valence-electron chi connectivity index (χ3n) is 7.03. The summed E-state index contributed by atoms with van der Waals surface area (Å²) in [6.45, 7) is 3.53. The number of nitrogens with one attached hydrogen (secondary N) is 1. The summed E-state index contributed by atoms with van der Waals surface area (Å²) in [4.78, 5) is 48.2. The van der Waals surface area contributed by atoms with E-state index in [1.807, 2.05) is 0 Å². The van der Waals surface area contributed by atoms with Crippen molar-refractivity contribution in [1.82, 2.24) is 19.7 Å². The Morgan fingerprint density at radius 1 is 1.13 bits per heavy atom. The van der Waals surface area contributed by atoms with Gasteiger partial charge in [-0.05, 0) is 79.2 Å². The number of benzene rings is 3. The molecule has 0 unspecified atom stereocenters. The Morgan fingerprint density at radius 2 is 1.87 bits per heavy atom. The van der Waals surface area contributed by atoms with Crippen LogP contribution in [0, 0.1) is 10.1 Å². The molecule has 1 atom stereocenters. The van der Waals surface area contributed by atoms with E-state index in [1.165, 1.54) is 10.6 Å². The van der Waals surface area contributed by atoms with Crippen LogP contribution in [-0.2, 0) is 9.53 Å². The first-order chi connectivity index (χ1) is 22.5. The highest BCUT2D eigenvalue weighted by molar-refractivity contribution is 7.99.